The summed E-state index contributed by atoms with van der Waals surface area (Å²) in [4.78, 5) is 16.5. The minimum absolute atomic E-state index is 0. The normalized spacial score (nSPS) is 24.6. The fraction of sp³-hybridized carbons (Fsp3) is 0.421. The molecule has 134 valence electrons. The molecule has 2 unspecified atom stereocenters. The number of amides is 1. The van der Waals surface area contributed by atoms with E-state index in [0.29, 0.717) is 18.1 Å². The molecule has 1 aromatic heterocycles. The number of benzene rings is 1. The fourth-order valence-electron chi connectivity index (χ4n) is 3.91. The lowest BCUT2D eigenvalue weighted by molar-refractivity contribution is 0.0686. The molecule has 0 aliphatic carbocycles. The Labute approximate surface area is 157 Å². The van der Waals surface area contributed by atoms with E-state index in [0.717, 1.165) is 28.2 Å². The van der Waals surface area contributed by atoms with Gasteiger partial charge in [0.25, 0.3) is 5.91 Å². The van der Waals surface area contributed by atoms with Crippen molar-refractivity contribution in [1.29, 1.82) is 0 Å². The van der Waals surface area contributed by atoms with E-state index in [1.165, 1.54) is 36.3 Å². The van der Waals surface area contributed by atoms with Gasteiger partial charge in [-0.2, -0.15) is 0 Å². The van der Waals surface area contributed by atoms with Crippen LogP contribution in [0.1, 0.15) is 35.4 Å². The lowest BCUT2D eigenvalue weighted by Gasteiger charge is -2.35. The Morgan fingerprint density at radius 3 is 2.40 bits per heavy atom. The van der Waals surface area contributed by atoms with E-state index in [1.807, 2.05) is 24.1 Å². The zero-order valence-electron chi connectivity index (χ0n) is 14.1. The first-order valence-corrected chi connectivity index (χ1v) is 9.31. The van der Waals surface area contributed by atoms with Crippen LogP contribution in [0.2, 0.25) is 0 Å². The van der Waals surface area contributed by atoms with Crippen LogP contribution in [0, 0.1) is 5.82 Å². The molecule has 3 nitrogen and oxygen atoms in total. The standard InChI is InChI=1S/C19H21FN2OS.ClH/c1-22(16-10-14-6-7-15(11-16)21-14)19(23)18-9-8-17(24-18)12-2-4-13(20)5-3-12;/h2-5,8-9,14-16,21H,6-7,10-11H2,1H3;1H. The second-order valence-corrected chi connectivity index (χ2v) is 7.93. The minimum atomic E-state index is -0.244. The van der Waals surface area contributed by atoms with E-state index in [1.54, 1.807) is 12.1 Å². The lowest BCUT2D eigenvalue weighted by Crippen LogP contribution is -2.48. The van der Waals surface area contributed by atoms with Crippen molar-refractivity contribution >= 4 is 29.7 Å². The Morgan fingerprint density at radius 2 is 1.76 bits per heavy atom. The van der Waals surface area contributed by atoms with E-state index in [-0.39, 0.29) is 24.1 Å². The summed E-state index contributed by atoms with van der Waals surface area (Å²) in [6, 6.07) is 11.7. The van der Waals surface area contributed by atoms with Gasteiger partial charge in [0, 0.05) is 30.1 Å². The van der Waals surface area contributed by atoms with Crippen LogP contribution in [-0.2, 0) is 0 Å². The molecule has 2 saturated heterocycles. The highest BCUT2D eigenvalue weighted by atomic mass is 35.5. The van der Waals surface area contributed by atoms with Gasteiger partial charge in [0.15, 0.2) is 0 Å². The molecule has 1 amide bonds. The molecule has 3 heterocycles. The fourth-order valence-corrected chi connectivity index (χ4v) is 4.90. The number of nitrogens with one attached hydrogen (secondary N) is 1. The Hall–Kier alpha value is -1.43. The zero-order valence-corrected chi connectivity index (χ0v) is 15.7. The first-order valence-electron chi connectivity index (χ1n) is 8.49. The monoisotopic (exact) mass is 380 g/mol. The van der Waals surface area contributed by atoms with Crippen LogP contribution in [0.3, 0.4) is 0 Å². The van der Waals surface area contributed by atoms with Crippen molar-refractivity contribution in [1.82, 2.24) is 10.2 Å². The highest BCUT2D eigenvalue weighted by Gasteiger charge is 2.36. The van der Waals surface area contributed by atoms with Crippen molar-refractivity contribution in [3.8, 4) is 10.4 Å². The predicted octanol–water partition coefficient (Wildman–Crippen LogP) is 4.33. The van der Waals surface area contributed by atoms with Crippen molar-refractivity contribution in [2.75, 3.05) is 7.05 Å². The second-order valence-electron chi connectivity index (χ2n) is 6.85. The highest BCUT2D eigenvalue weighted by Crippen LogP contribution is 2.32. The van der Waals surface area contributed by atoms with Crippen molar-refractivity contribution < 1.29 is 9.18 Å². The van der Waals surface area contributed by atoms with Gasteiger partial charge in [0.05, 0.1) is 4.88 Å². The number of nitrogens with zero attached hydrogens (tertiary/aromatic N) is 1. The Bertz CT molecular complexity index is 736. The SMILES string of the molecule is CN(C(=O)c1ccc(-c2ccc(F)cc2)s1)C1CC2CCC(C1)N2.Cl. The van der Waals surface area contributed by atoms with Crippen LogP contribution in [0.5, 0.6) is 0 Å². The zero-order chi connectivity index (χ0) is 16.7. The van der Waals surface area contributed by atoms with Gasteiger partial charge >= 0.3 is 0 Å². The van der Waals surface area contributed by atoms with Crippen LogP contribution >= 0.6 is 23.7 Å². The maximum Gasteiger partial charge on any atom is 0.263 e. The summed E-state index contributed by atoms with van der Waals surface area (Å²) in [5.41, 5.74) is 0.947. The molecule has 2 fully saturated rings. The number of hydrogen-bond donors (Lipinski definition) is 1. The maximum absolute atomic E-state index is 13.1. The van der Waals surface area contributed by atoms with Crippen molar-refractivity contribution in [2.24, 2.45) is 0 Å². The molecule has 2 atom stereocenters. The highest BCUT2D eigenvalue weighted by molar-refractivity contribution is 7.17. The molecule has 2 aliphatic heterocycles. The largest absolute Gasteiger partial charge is 0.338 e. The Balaban J connectivity index is 0.00000182. The van der Waals surface area contributed by atoms with E-state index in [9.17, 15) is 9.18 Å². The first kappa shape index (κ1) is 18.4. The van der Waals surface area contributed by atoms with Crippen LogP contribution in [-0.4, -0.2) is 36.0 Å². The summed E-state index contributed by atoms with van der Waals surface area (Å²) in [7, 11) is 1.93. The number of carbonyl (C=O) groups excluding carboxylic acids is 1. The van der Waals surface area contributed by atoms with E-state index >= 15 is 0 Å². The summed E-state index contributed by atoms with van der Waals surface area (Å²) in [5.74, 6) is -0.147. The summed E-state index contributed by atoms with van der Waals surface area (Å²) in [6.45, 7) is 0. The Morgan fingerprint density at radius 1 is 1.12 bits per heavy atom. The summed E-state index contributed by atoms with van der Waals surface area (Å²) in [6.07, 6.45) is 4.57. The van der Waals surface area contributed by atoms with Crippen molar-refractivity contribution in [3.63, 3.8) is 0 Å². The van der Waals surface area contributed by atoms with Crippen molar-refractivity contribution in [2.45, 2.75) is 43.8 Å². The predicted molar refractivity (Wildman–Crippen MR) is 102 cm³/mol. The Kier molecular flexibility index (Phi) is 5.46. The van der Waals surface area contributed by atoms with Gasteiger partial charge < -0.3 is 10.2 Å². The molecule has 4 rings (SSSR count). The second kappa shape index (κ2) is 7.44. The molecule has 2 bridgehead atoms. The number of piperidine rings is 1. The molecule has 1 N–H and O–H groups in total. The number of fused-ring (bicyclic) bond motifs is 2. The third kappa shape index (κ3) is 3.73. The number of hydrogen-bond acceptors (Lipinski definition) is 3. The van der Waals surface area contributed by atoms with Gasteiger partial charge in [0.2, 0.25) is 0 Å². The smallest absolute Gasteiger partial charge is 0.263 e. The molecule has 2 aliphatic rings. The van der Waals surface area contributed by atoms with Crippen molar-refractivity contribution in [3.05, 3.63) is 47.1 Å². The third-order valence-corrected chi connectivity index (χ3v) is 6.38. The average Bonchev–Trinajstić information content (AvgIpc) is 3.21. The minimum Gasteiger partial charge on any atom is -0.338 e. The quantitative estimate of drug-likeness (QED) is 0.859. The van der Waals surface area contributed by atoms with Crippen LogP contribution < -0.4 is 5.32 Å². The number of thiophene rings is 1. The molecule has 0 saturated carbocycles. The average molecular weight is 381 g/mol. The topological polar surface area (TPSA) is 32.3 Å². The van der Waals surface area contributed by atoms with Gasteiger partial charge in [0.1, 0.15) is 5.82 Å². The summed E-state index contributed by atoms with van der Waals surface area (Å²) >= 11 is 1.48. The van der Waals surface area contributed by atoms with E-state index < -0.39 is 0 Å². The van der Waals surface area contributed by atoms with Gasteiger partial charge in [-0.3, -0.25) is 4.79 Å². The summed E-state index contributed by atoms with van der Waals surface area (Å²) in [5, 5.41) is 3.62. The maximum atomic E-state index is 13.1. The molecular weight excluding hydrogens is 359 g/mol. The van der Waals surface area contributed by atoms with Gasteiger partial charge in [-0.15, -0.1) is 23.7 Å². The number of carbonyl (C=O) groups is 1. The van der Waals surface area contributed by atoms with E-state index in [4.69, 9.17) is 0 Å². The van der Waals surface area contributed by atoms with Crippen LogP contribution in [0.15, 0.2) is 36.4 Å². The molecule has 25 heavy (non-hydrogen) atoms. The first-order chi connectivity index (χ1) is 11.6. The van der Waals surface area contributed by atoms with Crippen LogP contribution in [0.4, 0.5) is 4.39 Å². The van der Waals surface area contributed by atoms with Crippen LogP contribution in [0.25, 0.3) is 10.4 Å². The lowest BCUT2D eigenvalue weighted by atomic mass is 9.98. The molecule has 0 spiro atoms. The molecule has 2 aromatic rings. The number of rotatable bonds is 3. The number of halogens is 2. The third-order valence-electron chi connectivity index (χ3n) is 5.26. The molecule has 1 aromatic carbocycles. The molecule has 6 heteroatoms. The van der Waals surface area contributed by atoms with Gasteiger partial charge in [-0.05, 0) is 55.5 Å². The van der Waals surface area contributed by atoms with Gasteiger partial charge in [-0.25, -0.2) is 4.39 Å². The van der Waals surface area contributed by atoms with Gasteiger partial charge in [-0.1, -0.05) is 12.1 Å². The summed E-state index contributed by atoms with van der Waals surface area (Å²) < 4.78 is 13.1. The molecule has 0 radical (unpaired) electrons. The van der Waals surface area contributed by atoms with E-state index in [2.05, 4.69) is 5.32 Å². The molecular formula is C19H22ClFN2OS.